The SMILES string of the molecule is CN(CCCO)S(=O)(=O)N(C)CC(C)(C)C. The first kappa shape index (κ1) is 15.8. The highest BCUT2D eigenvalue weighted by atomic mass is 32.2. The van der Waals surface area contributed by atoms with Gasteiger partial charge in [-0.1, -0.05) is 20.8 Å². The highest BCUT2D eigenvalue weighted by molar-refractivity contribution is 7.86. The molecule has 1 N–H and O–H groups in total. The molecule has 0 aliphatic rings. The summed E-state index contributed by atoms with van der Waals surface area (Å²) in [5, 5.41) is 8.67. The molecule has 6 heteroatoms. The first-order chi connectivity index (χ1) is 7.11. The van der Waals surface area contributed by atoms with Gasteiger partial charge in [0.05, 0.1) is 0 Å². The molecule has 0 aromatic rings. The van der Waals surface area contributed by atoms with Crippen LogP contribution in [0.1, 0.15) is 27.2 Å². The predicted molar refractivity (Wildman–Crippen MR) is 65.3 cm³/mol. The fraction of sp³-hybridized carbons (Fsp3) is 1.00. The number of rotatable bonds is 6. The van der Waals surface area contributed by atoms with Crippen molar-refractivity contribution in [1.29, 1.82) is 0 Å². The lowest BCUT2D eigenvalue weighted by Gasteiger charge is -2.29. The maximum atomic E-state index is 12.0. The van der Waals surface area contributed by atoms with Gasteiger partial charge in [-0.2, -0.15) is 17.0 Å². The summed E-state index contributed by atoms with van der Waals surface area (Å²) in [6, 6.07) is 0. The Morgan fingerprint density at radius 3 is 2.00 bits per heavy atom. The summed E-state index contributed by atoms with van der Waals surface area (Å²) < 4.78 is 26.6. The maximum Gasteiger partial charge on any atom is 0.281 e. The van der Waals surface area contributed by atoms with E-state index in [9.17, 15) is 8.42 Å². The molecule has 0 unspecified atom stereocenters. The molecule has 0 aromatic carbocycles. The Kier molecular flexibility index (Phi) is 5.89. The molecular weight excluding hydrogens is 228 g/mol. The van der Waals surface area contributed by atoms with Gasteiger partial charge in [-0.05, 0) is 11.8 Å². The number of aliphatic hydroxyl groups is 1. The Balaban J connectivity index is 4.53. The minimum Gasteiger partial charge on any atom is -0.396 e. The molecule has 98 valence electrons. The van der Waals surface area contributed by atoms with Crippen LogP contribution in [0.3, 0.4) is 0 Å². The zero-order valence-electron chi connectivity index (χ0n) is 10.9. The smallest absolute Gasteiger partial charge is 0.281 e. The first-order valence-electron chi connectivity index (χ1n) is 5.40. The average molecular weight is 252 g/mol. The van der Waals surface area contributed by atoms with Gasteiger partial charge in [0.2, 0.25) is 0 Å². The van der Waals surface area contributed by atoms with Crippen molar-refractivity contribution in [3.05, 3.63) is 0 Å². The monoisotopic (exact) mass is 252 g/mol. The summed E-state index contributed by atoms with van der Waals surface area (Å²) in [6.45, 7) is 6.79. The van der Waals surface area contributed by atoms with Gasteiger partial charge in [0.1, 0.15) is 0 Å². The third-order valence-electron chi connectivity index (χ3n) is 2.12. The van der Waals surface area contributed by atoms with Crippen LogP contribution in [-0.2, 0) is 10.2 Å². The first-order valence-corrected chi connectivity index (χ1v) is 6.79. The van der Waals surface area contributed by atoms with Crippen LogP contribution >= 0.6 is 0 Å². The second-order valence-electron chi connectivity index (χ2n) is 5.22. The summed E-state index contributed by atoms with van der Waals surface area (Å²) in [5.41, 5.74) is -0.0698. The quantitative estimate of drug-likeness (QED) is 0.750. The fourth-order valence-corrected chi connectivity index (χ4v) is 2.78. The molecule has 0 saturated carbocycles. The standard InChI is InChI=1S/C10H24N2O3S/c1-10(2,3)9-12(5)16(14,15)11(4)7-6-8-13/h13H,6-9H2,1-5H3. The van der Waals surface area contributed by atoms with E-state index in [2.05, 4.69) is 0 Å². The highest BCUT2D eigenvalue weighted by Gasteiger charge is 2.26. The van der Waals surface area contributed by atoms with Gasteiger partial charge in [-0.3, -0.25) is 0 Å². The molecule has 0 rings (SSSR count). The molecule has 0 aliphatic heterocycles. The van der Waals surface area contributed by atoms with Crippen molar-refractivity contribution in [2.24, 2.45) is 5.41 Å². The number of nitrogens with zero attached hydrogens (tertiary/aromatic N) is 2. The summed E-state index contributed by atoms with van der Waals surface area (Å²) in [6.07, 6.45) is 0.457. The summed E-state index contributed by atoms with van der Waals surface area (Å²) in [4.78, 5) is 0. The zero-order valence-corrected chi connectivity index (χ0v) is 11.7. The van der Waals surface area contributed by atoms with Gasteiger partial charge in [-0.25, -0.2) is 0 Å². The molecule has 0 amide bonds. The average Bonchev–Trinajstić information content (AvgIpc) is 2.11. The Morgan fingerprint density at radius 2 is 1.62 bits per heavy atom. The van der Waals surface area contributed by atoms with Crippen molar-refractivity contribution in [3.8, 4) is 0 Å². The molecular formula is C10H24N2O3S. The van der Waals surface area contributed by atoms with Gasteiger partial charge in [0, 0.05) is 33.8 Å². The summed E-state index contributed by atoms with van der Waals surface area (Å²) >= 11 is 0. The molecule has 0 radical (unpaired) electrons. The zero-order chi connectivity index (χ0) is 13.0. The summed E-state index contributed by atoms with van der Waals surface area (Å²) in [7, 11) is -0.278. The van der Waals surface area contributed by atoms with Crippen LogP contribution in [0.2, 0.25) is 0 Å². The second kappa shape index (κ2) is 5.95. The normalized spacial score (nSPS) is 13.8. The van der Waals surface area contributed by atoms with E-state index in [1.54, 1.807) is 7.05 Å². The van der Waals surface area contributed by atoms with Crippen molar-refractivity contribution < 1.29 is 13.5 Å². The van der Waals surface area contributed by atoms with Crippen molar-refractivity contribution in [2.75, 3.05) is 33.8 Å². The molecule has 16 heavy (non-hydrogen) atoms. The van der Waals surface area contributed by atoms with E-state index in [0.29, 0.717) is 19.5 Å². The Labute approximate surface area is 99.2 Å². The van der Waals surface area contributed by atoms with Crippen molar-refractivity contribution in [2.45, 2.75) is 27.2 Å². The van der Waals surface area contributed by atoms with Gasteiger partial charge in [-0.15, -0.1) is 0 Å². The molecule has 0 atom stereocenters. The van der Waals surface area contributed by atoms with E-state index in [1.165, 1.54) is 15.7 Å². The Bertz CT molecular complexity index is 296. The lowest BCUT2D eigenvalue weighted by atomic mass is 9.97. The molecule has 0 fully saturated rings. The second-order valence-corrected chi connectivity index (χ2v) is 7.37. The van der Waals surface area contributed by atoms with E-state index < -0.39 is 10.2 Å². The predicted octanol–water partition coefficient (Wildman–Crippen LogP) is 0.523. The van der Waals surface area contributed by atoms with Crippen LogP contribution < -0.4 is 0 Å². The minimum atomic E-state index is -3.39. The maximum absolute atomic E-state index is 12.0. The van der Waals surface area contributed by atoms with Crippen molar-refractivity contribution in [1.82, 2.24) is 8.61 Å². The molecule has 0 aliphatic carbocycles. The van der Waals surface area contributed by atoms with E-state index in [1.807, 2.05) is 20.8 Å². The molecule has 0 saturated heterocycles. The van der Waals surface area contributed by atoms with Crippen molar-refractivity contribution >= 4 is 10.2 Å². The van der Waals surface area contributed by atoms with Crippen LogP contribution in [0, 0.1) is 5.41 Å². The van der Waals surface area contributed by atoms with E-state index >= 15 is 0 Å². The minimum absolute atomic E-state index is 0.00282. The molecule has 5 nitrogen and oxygen atoms in total. The Morgan fingerprint density at radius 1 is 1.12 bits per heavy atom. The van der Waals surface area contributed by atoms with Crippen molar-refractivity contribution in [3.63, 3.8) is 0 Å². The molecule has 0 heterocycles. The lowest BCUT2D eigenvalue weighted by Crippen LogP contribution is -2.43. The van der Waals surface area contributed by atoms with Gasteiger partial charge >= 0.3 is 0 Å². The molecule has 0 bridgehead atoms. The molecule has 0 spiro atoms. The van der Waals surface area contributed by atoms with Crippen LogP contribution in [0.5, 0.6) is 0 Å². The third kappa shape index (κ3) is 5.25. The van der Waals surface area contributed by atoms with Gasteiger partial charge < -0.3 is 5.11 Å². The van der Waals surface area contributed by atoms with E-state index in [0.717, 1.165) is 0 Å². The van der Waals surface area contributed by atoms with E-state index in [-0.39, 0.29) is 12.0 Å². The Hall–Kier alpha value is -0.170. The van der Waals surface area contributed by atoms with Crippen LogP contribution in [-0.4, -0.2) is 55.9 Å². The van der Waals surface area contributed by atoms with Gasteiger partial charge in [0.25, 0.3) is 10.2 Å². The third-order valence-corrected chi connectivity index (χ3v) is 4.00. The largest absolute Gasteiger partial charge is 0.396 e. The van der Waals surface area contributed by atoms with Gasteiger partial charge in [0.15, 0.2) is 0 Å². The molecule has 0 aromatic heterocycles. The number of aliphatic hydroxyl groups excluding tert-OH is 1. The lowest BCUT2D eigenvalue weighted by molar-refractivity contribution is 0.265. The topological polar surface area (TPSA) is 60.9 Å². The fourth-order valence-electron chi connectivity index (χ4n) is 1.40. The number of hydrogen-bond acceptors (Lipinski definition) is 3. The van der Waals surface area contributed by atoms with Crippen LogP contribution in [0.15, 0.2) is 0 Å². The van der Waals surface area contributed by atoms with E-state index in [4.69, 9.17) is 5.11 Å². The van der Waals surface area contributed by atoms with Crippen LogP contribution in [0.4, 0.5) is 0 Å². The van der Waals surface area contributed by atoms with Crippen LogP contribution in [0.25, 0.3) is 0 Å². The number of hydrogen-bond donors (Lipinski definition) is 1. The summed E-state index contributed by atoms with van der Waals surface area (Å²) in [5.74, 6) is 0. The highest BCUT2D eigenvalue weighted by Crippen LogP contribution is 2.17.